The number of nitrogens with one attached hydrogen (secondary N) is 2. The highest BCUT2D eigenvalue weighted by Crippen LogP contribution is 2.32. The molecule has 3 rings (SSSR count). The molecule has 0 aromatic carbocycles. The lowest BCUT2D eigenvalue weighted by atomic mass is 10.3. The predicted molar refractivity (Wildman–Crippen MR) is 60.6 cm³/mol. The topological polar surface area (TPSA) is 53.6 Å². The van der Waals surface area contributed by atoms with E-state index in [1.807, 2.05) is 0 Å². The van der Waals surface area contributed by atoms with E-state index in [-0.39, 0.29) is 5.28 Å². The van der Waals surface area contributed by atoms with Gasteiger partial charge in [0.2, 0.25) is 5.28 Å². The number of hydrogen-bond donors (Lipinski definition) is 2. The molecule has 1 saturated carbocycles. The maximum Gasteiger partial charge on any atom is 0.226 e. The molecule has 0 radical (unpaired) electrons. The van der Waals surface area contributed by atoms with E-state index in [9.17, 15) is 0 Å². The first kappa shape index (κ1) is 9.24. The lowest BCUT2D eigenvalue weighted by Crippen LogP contribution is -2.04. The summed E-state index contributed by atoms with van der Waals surface area (Å²) in [5.74, 6) is 0.721. The molecule has 2 aromatic rings. The Morgan fingerprint density at radius 1 is 1.33 bits per heavy atom. The summed E-state index contributed by atoms with van der Waals surface area (Å²) in [6.45, 7) is 0. The number of aromatic nitrogens is 3. The van der Waals surface area contributed by atoms with E-state index in [0.29, 0.717) is 16.7 Å². The number of nitrogens with zero attached hydrogens (tertiary/aromatic N) is 2. The summed E-state index contributed by atoms with van der Waals surface area (Å²) >= 11 is 11.9. The van der Waals surface area contributed by atoms with Crippen molar-refractivity contribution in [1.82, 2.24) is 15.0 Å². The average Bonchev–Trinajstić information content (AvgIpc) is 2.91. The molecule has 4 nitrogen and oxygen atoms in total. The highest BCUT2D eigenvalue weighted by Gasteiger charge is 2.23. The normalized spacial score (nSPS) is 15.9. The fourth-order valence-corrected chi connectivity index (χ4v) is 1.90. The molecule has 2 N–H and O–H groups in total. The van der Waals surface area contributed by atoms with Crippen LogP contribution in [0.15, 0.2) is 6.20 Å². The Balaban J connectivity index is 2.18. The fraction of sp³-hybridized carbons (Fsp3) is 0.333. The van der Waals surface area contributed by atoms with Crippen molar-refractivity contribution in [2.45, 2.75) is 18.9 Å². The van der Waals surface area contributed by atoms with Crippen LogP contribution in [-0.4, -0.2) is 21.0 Å². The lowest BCUT2D eigenvalue weighted by molar-refractivity contribution is 1.10. The molecule has 6 heteroatoms. The molecule has 0 aliphatic heterocycles. The van der Waals surface area contributed by atoms with Crippen LogP contribution < -0.4 is 5.32 Å². The Hall–Kier alpha value is -1.00. The van der Waals surface area contributed by atoms with Crippen molar-refractivity contribution in [1.29, 1.82) is 0 Å². The standard InChI is InChI=1S/C9H8Cl2N4/c10-5-3-12-7-6(5)8(13-4-1-2-4)15-9(11)14-7/h3-4H,1-2H2,(H2,12,13,14,15). The molecule has 78 valence electrons. The summed E-state index contributed by atoms with van der Waals surface area (Å²) in [5, 5.41) is 4.94. The Morgan fingerprint density at radius 2 is 2.13 bits per heavy atom. The van der Waals surface area contributed by atoms with Crippen LogP contribution in [0.3, 0.4) is 0 Å². The van der Waals surface area contributed by atoms with Gasteiger partial charge >= 0.3 is 0 Å². The van der Waals surface area contributed by atoms with E-state index in [0.717, 1.165) is 11.2 Å². The highest BCUT2D eigenvalue weighted by molar-refractivity contribution is 6.36. The van der Waals surface area contributed by atoms with Crippen molar-refractivity contribution in [2.75, 3.05) is 5.32 Å². The molecule has 0 atom stereocenters. The van der Waals surface area contributed by atoms with Crippen LogP contribution in [0.5, 0.6) is 0 Å². The van der Waals surface area contributed by atoms with Gasteiger partial charge in [0.05, 0.1) is 10.4 Å². The number of halogens is 2. The number of aromatic amines is 1. The summed E-state index contributed by atoms with van der Waals surface area (Å²) < 4.78 is 0. The first-order chi connectivity index (χ1) is 7.24. The van der Waals surface area contributed by atoms with Crippen LogP contribution in [0, 0.1) is 0 Å². The largest absolute Gasteiger partial charge is 0.367 e. The highest BCUT2D eigenvalue weighted by atomic mass is 35.5. The quantitative estimate of drug-likeness (QED) is 0.797. The van der Waals surface area contributed by atoms with Crippen LogP contribution in [0.25, 0.3) is 11.0 Å². The molecular weight excluding hydrogens is 235 g/mol. The second-order valence-electron chi connectivity index (χ2n) is 3.62. The van der Waals surface area contributed by atoms with Gasteiger partial charge in [0.1, 0.15) is 11.5 Å². The number of rotatable bonds is 2. The molecule has 0 amide bonds. The van der Waals surface area contributed by atoms with Gasteiger partial charge in [-0.1, -0.05) is 11.6 Å². The zero-order valence-electron chi connectivity index (χ0n) is 7.72. The average molecular weight is 243 g/mol. The van der Waals surface area contributed by atoms with Crippen molar-refractivity contribution < 1.29 is 0 Å². The molecule has 2 aromatic heterocycles. The second kappa shape index (κ2) is 3.25. The SMILES string of the molecule is Clc1nc(NC2CC2)c2c(Cl)c[nH]c2n1. The van der Waals surface area contributed by atoms with Gasteiger partial charge in [-0.05, 0) is 24.4 Å². The van der Waals surface area contributed by atoms with Gasteiger partial charge in [0.25, 0.3) is 0 Å². The maximum atomic E-state index is 6.04. The van der Waals surface area contributed by atoms with E-state index in [4.69, 9.17) is 23.2 Å². The molecule has 2 heterocycles. The Bertz CT molecular complexity index is 518. The second-order valence-corrected chi connectivity index (χ2v) is 4.37. The van der Waals surface area contributed by atoms with Crippen LogP contribution in [0.2, 0.25) is 10.3 Å². The van der Waals surface area contributed by atoms with Gasteiger partial charge in [-0.15, -0.1) is 0 Å². The van der Waals surface area contributed by atoms with Gasteiger partial charge in [-0.25, -0.2) is 0 Å². The summed E-state index contributed by atoms with van der Waals surface area (Å²) in [5.41, 5.74) is 0.670. The first-order valence-electron chi connectivity index (χ1n) is 4.70. The van der Waals surface area contributed by atoms with Crippen LogP contribution >= 0.6 is 23.2 Å². The van der Waals surface area contributed by atoms with Crippen LogP contribution in [0.1, 0.15) is 12.8 Å². The molecule has 1 aliphatic carbocycles. The monoisotopic (exact) mass is 242 g/mol. The van der Waals surface area contributed by atoms with Gasteiger partial charge in [-0.2, -0.15) is 9.97 Å². The summed E-state index contributed by atoms with van der Waals surface area (Å²) in [4.78, 5) is 11.2. The van der Waals surface area contributed by atoms with Crippen molar-refractivity contribution in [3.8, 4) is 0 Å². The van der Waals surface area contributed by atoms with E-state index in [2.05, 4.69) is 20.3 Å². The van der Waals surface area contributed by atoms with Crippen LogP contribution in [0.4, 0.5) is 5.82 Å². The van der Waals surface area contributed by atoms with E-state index < -0.39 is 0 Å². The smallest absolute Gasteiger partial charge is 0.226 e. The molecular formula is C9H8Cl2N4. The number of H-pyrrole nitrogens is 1. The van der Waals surface area contributed by atoms with Gasteiger partial charge in [-0.3, -0.25) is 0 Å². The minimum atomic E-state index is 0.226. The van der Waals surface area contributed by atoms with Gasteiger partial charge in [0.15, 0.2) is 0 Å². The lowest BCUT2D eigenvalue weighted by Gasteiger charge is -2.05. The van der Waals surface area contributed by atoms with E-state index >= 15 is 0 Å². The molecule has 1 aliphatic rings. The molecule has 0 bridgehead atoms. The van der Waals surface area contributed by atoms with Crippen molar-refractivity contribution in [3.05, 3.63) is 16.5 Å². The molecule has 1 fully saturated rings. The summed E-state index contributed by atoms with van der Waals surface area (Å²) in [6, 6.07) is 0.505. The summed E-state index contributed by atoms with van der Waals surface area (Å²) in [7, 11) is 0. The van der Waals surface area contributed by atoms with Crippen molar-refractivity contribution >= 4 is 40.1 Å². The van der Waals surface area contributed by atoms with Gasteiger partial charge < -0.3 is 10.3 Å². The molecule has 15 heavy (non-hydrogen) atoms. The maximum absolute atomic E-state index is 6.04. The minimum Gasteiger partial charge on any atom is -0.367 e. The van der Waals surface area contributed by atoms with Crippen molar-refractivity contribution in [3.63, 3.8) is 0 Å². The summed E-state index contributed by atoms with van der Waals surface area (Å²) in [6.07, 6.45) is 4.03. The zero-order chi connectivity index (χ0) is 10.4. The minimum absolute atomic E-state index is 0.226. The molecule has 0 unspecified atom stereocenters. The Labute approximate surface area is 96.0 Å². The molecule has 0 saturated heterocycles. The third kappa shape index (κ3) is 1.64. The van der Waals surface area contributed by atoms with Gasteiger partial charge in [0, 0.05) is 12.2 Å². The van der Waals surface area contributed by atoms with E-state index in [1.165, 1.54) is 12.8 Å². The zero-order valence-corrected chi connectivity index (χ0v) is 9.23. The fourth-order valence-electron chi connectivity index (χ4n) is 1.49. The Kier molecular flexibility index (Phi) is 2.00. The number of anilines is 1. The van der Waals surface area contributed by atoms with Crippen molar-refractivity contribution in [2.24, 2.45) is 0 Å². The number of hydrogen-bond acceptors (Lipinski definition) is 3. The molecule has 0 spiro atoms. The predicted octanol–water partition coefficient (Wildman–Crippen LogP) is 2.84. The third-order valence-electron chi connectivity index (χ3n) is 2.37. The third-order valence-corrected chi connectivity index (χ3v) is 2.84. The van der Waals surface area contributed by atoms with E-state index in [1.54, 1.807) is 6.20 Å². The Morgan fingerprint density at radius 3 is 2.87 bits per heavy atom. The van der Waals surface area contributed by atoms with Crippen LogP contribution in [-0.2, 0) is 0 Å². The first-order valence-corrected chi connectivity index (χ1v) is 5.46. The number of fused-ring (bicyclic) bond motifs is 1.